The number of para-hydroxylation sites is 2. The summed E-state index contributed by atoms with van der Waals surface area (Å²) in [6.45, 7) is -0.727. The van der Waals surface area contributed by atoms with Crippen molar-refractivity contribution >= 4 is 51.8 Å². The van der Waals surface area contributed by atoms with Crippen molar-refractivity contribution in [3.8, 4) is 11.5 Å². The van der Waals surface area contributed by atoms with Gasteiger partial charge in [-0.25, -0.2) is 19.4 Å². The first-order valence-corrected chi connectivity index (χ1v) is 16.3. The fraction of sp³-hybridized carbons (Fsp3) is 0.237. The van der Waals surface area contributed by atoms with E-state index in [1.165, 1.54) is 4.90 Å². The molecule has 1 aromatic heterocycles. The van der Waals surface area contributed by atoms with Gasteiger partial charge in [-0.15, -0.1) is 0 Å². The number of hydrogen-bond acceptors (Lipinski definition) is 10. The Kier molecular flexibility index (Phi) is 9.32. The molecule has 5 aromatic rings. The summed E-state index contributed by atoms with van der Waals surface area (Å²) in [4.78, 5) is 56.7. The average Bonchev–Trinajstić information content (AvgIpc) is 3.79. The summed E-state index contributed by atoms with van der Waals surface area (Å²) in [5.41, 5.74) is 2.83. The van der Waals surface area contributed by atoms with Crippen LogP contribution in [-0.4, -0.2) is 80.9 Å². The number of rotatable bonds is 12. The minimum absolute atomic E-state index is 0.0193. The lowest BCUT2D eigenvalue weighted by Crippen LogP contribution is -2.63. The first-order valence-electron chi connectivity index (χ1n) is 16.3. The molecule has 0 bridgehead atoms. The Hall–Kier alpha value is -6.25. The summed E-state index contributed by atoms with van der Waals surface area (Å²) in [5, 5.41) is 31.2. The van der Waals surface area contributed by atoms with Crippen LogP contribution in [0.5, 0.6) is 11.5 Å². The highest BCUT2D eigenvalue weighted by Gasteiger charge is 2.59. The molecular formula is C38H32N2O12. The molecule has 2 aliphatic heterocycles. The molecule has 4 aromatic carbocycles. The van der Waals surface area contributed by atoms with Crippen molar-refractivity contribution in [2.75, 3.05) is 19.9 Å². The van der Waals surface area contributed by atoms with Crippen LogP contribution in [0.3, 0.4) is 0 Å². The molecule has 1 fully saturated rings. The maximum atomic E-state index is 14.5. The monoisotopic (exact) mass is 708 g/mol. The number of fused-ring (bicyclic) bond motifs is 3. The number of oxazole rings is 1. The summed E-state index contributed by atoms with van der Waals surface area (Å²) >= 11 is 0. The van der Waals surface area contributed by atoms with Gasteiger partial charge in [0.2, 0.25) is 18.6 Å². The molecule has 0 aliphatic carbocycles. The Morgan fingerprint density at radius 3 is 2.40 bits per heavy atom. The smallest absolute Gasteiger partial charge is 0.377 e. The Balaban J connectivity index is 1.24. The molecule has 14 nitrogen and oxygen atoms in total. The Labute approximate surface area is 295 Å². The zero-order valence-electron chi connectivity index (χ0n) is 27.4. The molecule has 1 amide bonds. The number of allylic oxidation sites excluding steroid dienone is 1. The molecule has 2 aliphatic rings. The molecule has 52 heavy (non-hydrogen) atoms. The number of hydrogen-bond donors (Lipinski definition) is 3. The number of aromatic nitrogens is 1. The number of nitrogens with zero attached hydrogens (tertiary/aromatic N) is 2. The Bertz CT molecular complexity index is 2160. The third-order valence-electron chi connectivity index (χ3n) is 9.05. The van der Waals surface area contributed by atoms with Crippen molar-refractivity contribution < 1.29 is 57.9 Å². The van der Waals surface area contributed by atoms with Gasteiger partial charge in [-0.2, -0.15) is 0 Å². The number of ether oxygens (including phenoxy) is 4. The van der Waals surface area contributed by atoms with Crippen molar-refractivity contribution in [3.63, 3.8) is 0 Å². The highest BCUT2D eigenvalue weighted by Crippen LogP contribution is 2.37. The zero-order chi connectivity index (χ0) is 36.4. The van der Waals surface area contributed by atoms with Gasteiger partial charge < -0.3 is 43.6 Å². The number of carboxylic acid groups (broad SMARTS) is 3. The van der Waals surface area contributed by atoms with Gasteiger partial charge in [0.1, 0.15) is 5.52 Å². The van der Waals surface area contributed by atoms with Gasteiger partial charge in [0.25, 0.3) is 0 Å². The third-order valence-corrected chi connectivity index (χ3v) is 9.05. The number of carboxylic acids is 3. The third kappa shape index (κ3) is 6.76. The Morgan fingerprint density at radius 2 is 1.63 bits per heavy atom. The largest absolute Gasteiger partial charge is 0.479 e. The molecule has 266 valence electrons. The summed E-state index contributed by atoms with van der Waals surface area (Å²) in [7, 11) is 0. The summed E-state index contributed by atoms with van der Waals surface area (Å²) in [6, 6.07) is 26.1. The second-order valence-electron chi connectivity index (χ2n) is 12.4. The van der Waals surface area contributed by atoms with E-state index in [9.17, 15) is 34.5 Å². The predicted molar refractivity (Wildman–Crippen MR) is 182 cm³/mol. The molecule has 3 N–H and O–H groups in total. The minimum atomic E-state index is -3.30. The van der Waals surface area contributed by atoms with Crippen LogP contribution >= 0.6 is 0 Å². The molecule has 3 heterocycles. The maximum Gasteiger partial charge on any atom is 0.377 e. The summed E-state index contributed by atoms with van der Waals surface area (Å²) in [5.74, 6) is -10.4. The van der Waals surface area contributed by atoms with E-state index in [-0.39, 0.29) is 19.9 Å². The van der Waals surface area contributed by atoms with Crippen molar-refractivity contribution in [1.82, 2.24) is 9.88 Å². The van der Waals surface area contributed by atoms with E-state index in [1.54, 1.807) is 12.1 Å². The number of benzene rings is 4. The van der Waals surface area contributed by atoms with Gasteiger partial charge in [0, 0.05) is 19.0 Å². The van der Waals surface area contributed by atoms with Crippen molar-refractivity contribution in [2.24, 2.45) is 5.92 Å². The van der Waals surface area contributed by atoms with E-state index in [4.69, 9.17) is 23.4 Å². The molecule has 0 saturated carbocycles. The molecule has 7 rings (SSSR count). The molecule has 1 unspecified atom stereocenters. The van der Waals surface area contributed by atoms with E-state index in [2.05, 4.69) is 4.98 Å². The van der Waals surface area contributed by atoms with E-state index in [1.807, 2.05) is 84.9 Å². The zero-order valence-corrected chi connectivity index (χ0v) is 27.4. The first kappa shape index (κ1) is 34.2. The van der Waals surface area contributed by atoms with Crippen LogP contribution in [0.1, 0.15) is 29.4 Å². The molecule has 14 heteroatoms. The maximum absolute atomic E-state index is 14.5. The van der Waals surface area contributed by atoms with Crippen molar-refractivity contribution in [3.05, 3.63) is 108 Å². The number of aliphatic carboxylic acids is 3. The van der Waals surface area contributed by atoms with Gasteiger partial charge >= 0.3 is 23.7 Å². The summed E-state index contributed by atoms with van der Waals surface area (Å²) < 4.78 is 27.2. The van der Waals surface area contributed by atoms with Crippen molar-refractivity contribution in [1.29, 1.82) is 0 Å². The molecular weight excluding hydrogens is 676 g/mol. The lowest BCUT2D eigenvalue weighted by molar-refractivity contribution is -0.292. The van der Waals surface area contributed by atoms with Crippen molar-refractivity contribution in [2.45, 2.75) is 30.8 Å². The molecule has 0 spiro atoms. The van der Waals surface area contributed by atoms with Crippen LogP contribution in [0.4, 0.5) is 0 Å². The molecule has 1 saturated heterocycles. The fourth-order valence-corrected chi connectivity index (χ4v) is 6.40. The van der Waals surface area contributed by atoms with Gasteiger partial charge in [-0.05, 0) is 64.7 Å². The number of carbonyl (C=O) groups excluding carboxylic acids is 1. The predicted octanol–water partition coefficient (Wildman–Crippen LogP) is 4.91. The van der Waals surface area contributed by atoms with E-state index < -0.39 is 54.1 Å². The van der Waals surface area contributed by atoms with Crippen LogP contribution in [0, 0.1) is 5.92 Å². The topological polar surface area (TPSA) is 195 Å². The van der Waals surface area contributed by atoms with Crippen LogP contribution in [-0.2, 0) is 35.2 Å². The van der Waals surface area contributed by atoms with Gasteiger partial charge in [-0.3, -0.25) is 4.79 Å². The minimum Gasteiger partial charge on any atom is -0.479 e. The number of amides is 1. The normalized spacial score (nSPS) is 18.4. The standard InChI is InChI=1S/C38H32N2O12/c41-34(27-20-50-38(36(44)45,37(46)47)52-33(27)35(42)43)40(18-22-12-13-23-6-1-2-7-24(23)16-22)19-26(25-14-15-30-31(17-25)49-21-48-30)8-5-11-32-39-28-9-3-4-10-29(28)51-32/h1-7,9-17,26-27,33H,8,18-21H2,(H,42,43)(H,44,45)(H,46,47)/b11-5+/t26-,27?,33-/m0/s1. The first-order chi connectivity index (χ1) is 25.1. The van der Waals surface area contributed by atoms with Crippen LogP contribution < -0.4 is 9.47 Å². The van der Waals surface area contributed by atoms with Crippen LogP contribution in [0.25, 0.3) is 27.9 Å². The summed E-state index contributed by atoms with van der Waals surface area (Å²) in [6.07, 6.45) is 1.81. The highest BCUT2D eigenvalue weighted by molar-refractivity contribution is 6.01. The van der Waals surface area contributed by atoms with Crippen LogP contribution in [0.2, 0.25) is 0 Å². The van der Waals surface area contributed by atoms with Gasteiger partial charge in [0.15, 0.2) is 23.2 Å². The van der Waals surface area contributed by atoms with E-state index >= 15 is 0 Å². The van der Waals surface area contributed by atoms with Crippen LogP contribution in [0.15, 0.2) is 95.4 Å². The highest BCUT2D eigenvalue weighted by atomic mass is 16.8. The second-order valence-corrected chi connectivity index (χ2v) is 12.4. The quantitative estimate of drug-likeness (QED) is 0.148. The Morgan fingerprint density at radius 1 is 0.885 bits per heavy atom. The second kappa shape index (κ2) is 14.2. The fourth-order valence-electron chi connectivity index (χ4n) is 6.40. The number of carbonyl (C=O) groups is 4. The molecule has 0 radical (unpaired) electrons. The molecule has 3 atom stereocenters. The van der Waals surface area contributed by atoms with Gasteiger partial charge in [0.05, 0.1) is 12.5 Å². The lowest BCUT2D eigenvalue weighted by Gasteiger charge is -2.39. The SMILES string of the molecule is O=C(O)[C@H]1OC(C(=O)O)(C(=O)O)OCC1C(=O)N(Cc1ccc2ccccc2c1)C[C@H](C/C=C/c1nc2ccccc2o1)c1ccc2c(c1)OCO2. The lowest BCUT2D eigenvalue weighted by atomic mass is 9.92. The van der Waals surface area contributed by atoms with E-state index in [0.717, 1.165) is 21.9 Å². The van der Waals surface area contributed by atoms with Gasteiger partial charge in [-0.1, -0.05) is 60.7 Å². The van der Waals surface area contributed by atoms with E-state index in [0.29, 0.717) is 34.9 Å². The average molecular weight is 709 g/mol.